The summed E-state index contributed by atoms with van der Waals surface area (Å²) in [6, 6.07) is 3.61. The molecule has 1 aromatic carbocycles. The number of aromatic carboxylic acids is 1. The van der Waals surface area contributed by atoms with E-state index >= 15 is 0 Å². The minimum absolute atomic E-state index is 0.0158. The van der Waals surface area contributed by atoms with Crippen molar-refractivity contribution < 1.29 is 19.1 Å². The van der Waals surface area contributed by atoms with Crippen molar-refractivity contribution >= 4 is 17.6 Å². The SMILES string of the molecule is O=C(O)c1cc(NC(=O)C2CC23CCNCC3)ccc1F. The quantitative estimate of drug-likeness (QED) is 0.794. The zero-order valence-electron chi connectivity index (χ0n) is 11.5. The number of carboxylic acid groups (broad SMARTS) is 1. The van der Waals surface area contributed by atoms with Crippen LogP contribution in [0, 0.1) is 17.2 Å². The van der Waals surface area contributed by atoms with Crippen LogP contribution in [-0.2, 0) is 4.79 Å². The molecular formula is C15H17FN2O3. The van der Waals surface area contributed by atoms with Crippen molar-refractivity contribution in [3.63, 3.8) is 0 Å². The van der Waals surface area contributed by atoms with Crippen molar-refractivity contribution in [2.75, 3.05) is 18.4 Å². The van der Waals surface area contributed by atoms with Crippen LogP contribution < -0.4 is 10.6 Å². The lowest BCUT2D eigenvalue weighted by Crippen LogP contribution is -2.31. The minimum atomic E-state index is -1.34. The van der Waals surface area contributed by atoms with Gasteiger partial charge < -0.3 is 15.7 Å². The second-order valence-electron chi connectivity index (χ2n) is 5.86. The van der Waals surface area contributed by atoms with Gasteiger partial charge >= 0.3 is 5.97 Å². The van der Waals surface area contributed by atoms with Crippen molar-refractivity contribution in [1.29, 1.82) is 0 Å². The lowest BCUT2D eigenvalue weighted by molar-refractivity contribution is -0.118. The fourth-order valence-electron chi connectivity index (χ4n) is 3.19. The van der Waals surface area contributed by atoms with Crippen molar-refractivity contribution in [2.45, 2.75) is 19.3 Å². The highest BCUT2D eigenvalue weighted by molar-refractivity contribution is 5.96. The monoisotopic (exact) mass is 292 g/mol. The molecule has 3 N–H and O–H groups in total. The van der Waals surface area contributed by atoms with Crippen molar-refractivity contribution in [3.8, 4) is 0 Å². The van der Waals surface area contributed by atoms with E-state index in [2.05, 4.69) is 10.6 Å². The highest BCUT2D eigenvalue weighted by Gasteiger charge is 2.57. The Kier molecular flexibility index (Phi) is 3.41. The van der Waals surface area contributed by atoms with E-state index in [0.29, 0.717) is 5.69 Å². The van der Waals surface area contributed by atoms with E-state index in [1.807, 2.05) is 0 Å². The first-order chi connectivity index (χ1) is 10.0. The second kappa shape index (κ2) is 5.11. The summed E-state index contributed by atoms with van der Waals surface area (Å²) in [4.78, 5) is 23.1. The van der Waals surface area contributed by atoms with Gasteiger partial charge in [0, 0.05) is 11.6 Å². The maximum Gasteiger partial charge on any atom is 0.338 e. The minimum Gasteiger partial charge on any atom is -0.478 e. The Balaban J connectivity index is 1.68. The van der Waals surface area contributed by atoms with E-state index in [0.717, 1.165) is 44.5 Å². The summed E-state index contributed by atoms with van der Waals surface area (Å²) < 4.78 is 13.3. The van der Waals surface area contributed by atoms with Gasteiger partial charge in [0.25, 0.3) is 0 Å². The van der Waals surface area contributed by atoms with E-state index in [9.17, 15) is 14.0 Å². The molecule has 0 bridgehead atoms. The number of hydrogen-bond acceptors (Lipinski definition) is 3. The predicted octanol–water partition coefficient (Wildman–Crippen LogP) is 1.85. The molecule has 1 saturated carbocycles. The van der Waals surface area contributed by atoms with Crippen LogP contribution in [0.25, 0.3) is 0 Å². The second-order valence-corrected chi connectivity index (χ2v) is 5.86. The Morgan fingerprint density at radius 3 is 2.71 bits per heavy atom. The van der Waals surface area contributed by atoms with Gasteiger partial charge in [-0.15, -0.1) is 0 Å². The Labute approximate surface area is 121 Å². The first-order valence-corrected chi connectivity index (χ1v) is 7.06. The number of carbonyl (C=O) groups is 2. The smallest absolute Gasteiger partial charge is 0.338 e. The highest BCUT2D eigenvalue weighted by Crippen LogP contribution is 2.58. The summed E-state index contributed by atoms with van der Waals surface area (Å²) in [6.45, 7) is 1.87. The van der Waals surface area contributed by atoms with E-state index in [1.54, 1.807) is 0 Å². The van der Waals surface area contributed by atoms with Gasteiger partial charge in [0.15, 0.2) is 0 Å². The molecule has 1 saturated heterocycles. The molecule has 0 aromatic heterocycles. The van der Waals surface area contributed by atoms with Crippen molar-refractivity contribution in [3.05, 3.63) is 29.6 Å². The van der Waals surface area contributed by atoms with Gasteiger partial charge in [0.05, 0.1) is 5.56 Å². The Bertz CT molecular complexity index is 597. The average molecular weight is 292 g/mol. The van der Waals surface area contributed by atoms with Crippen LogP contribution in [0.5, 0.6) is 0 Å². The number of piperidine rings is 1. The largest absolute Gasteiger partial charge is 0.478 e. The number of hydrogen-bond donors (Lipinski definition) is 3. The van der Waals surface area contributed by atoms with Gasteiger partial charge in [-0.3, -0.25) is 4.79 Å². The van der Waals surface area contributed by atoms with E-state index in [4.69, 9.17) is 5.11 Å². The van der Waals surface area contributed by atoms with Crippen LogP contribution in [0.15, 0.2) is 18.2 Å². The summed E-state index contributed by atoms with van der Waals surface area (Å²) in [7, 11) is 0. The van der Waals surface area contributed by atoms with Gasteiger partial charge in [0.1, 0.15) is 5.82 Å². The number of carbonyl (C=O) groups excluding carboxylic acids is 1. The van der Waals surface area contributed by atoms with E-state index in [1.165, 1.54) is 6.07 Å². The maximum absolute atomic E-state index is 13.3. The van der Waals surface area contributed by atoms with Gasteiger partial charge in [0.2, 0.25) is 5.91 Å². The van der Waals surface area contributed by atoms with E-state index in [-0.39, 0.29) is 17.2 Å². The molecule has 1 amide bonds. The molecule has 3 rings (SSSR count). The Hall–Kier alpha value is -1.95. The molecule has 1 aliphatic heterocycles. The number of anilines is 1. The van der Waals surface area contributed by atoms with Gasteiger partial charge in [-0.05, 0) is 56.0 Å². The summed E-state index contributed by atoms with van der Waals surface area (Å²) in [5.41, 5.74) is 0.0142. The number of rotatable bonds is 3. The molecule has 2 fully saturated rings. The summed E-state index contributed by atoms with van der Waals surface area (Å²) in [5.74, 6) is -2.26. The molecule has 2 aliphatic rings. The third kappa shape index (κ3) is 2.63. The molecule has 6 heteroatoms. The molecule has 1 aliphatic carbocycles. The average Bonchev–Trinajstić information content (AvgIpc) is 3.15. The normalized spacial score (nSPS) is 22.8. The first-order valence-electron chi connectivity index (χ1n) is 7.06. The standard InChI is InChI=1S/C15H17FN2O3/c16-12-2-1-9(7-10(12)14(20)21)18-13(19)11-8-15(11)3-5-17-6-4-15/h1-2,7,11,17H,3-6,8H2,(H,18,19)(H,20,21). The molecule has 1 atom stereocenters. The topological polar surface area (TPSA) is 78.4 Å². The summed E-state index contributed by atoms with van der Waals surface area (Å²) in [5, 5.41) is 14.9. The van der Waals surface area contributed by atoms with Gasteiger partial charge in [-0.1, -0.05) is 0 Å². The number of halogens is 1. The van der Waals surface area contributed by atoms with Gasteiger partial charge in [-0.25, -0.2) is 9.18 Å². The molecule has 0 radical (unpaired) electrons. The zero-order valence-corrected chi connectivity index (χ0v) is 11.5. The third-order valence-electron chi connectivity index (χ3n) is 4.57. The van der Waals surface area contributed by atoms with Crippen molar-refractivity contribution in [1.82, 2.24) is 5.32 Å². The number of amides is 1. The van der Waals surface area contributed by atoms with E-state index < -0.39 is 17.3 Å². The molecule has 1 unspecified atom stereocenters. The fourth-order valence-corrected chi connectivity index (χ4v) is 3.19. The highest BCUT2D eigenvalue weighted by atomic mass is 19.1. The number of benzene rings is 1. The molecule has 21 heavy (non-hydrogen) atoms. The Morgan fingerprint density at radius 2 is 2.05 bits per heavy atom. The number of carboxylic acids is 1. The molecular weight excluding hydrogens is 275 g/mol. The first kappa shape index (κ1) is 14.0. The molecule has 5 nitrogen and oxygen atoms in total. The van der Waals surface area contributed by atoms with Gasteiger partial charge in [-0.2, -0.15) is 0 Å². The van der Waals surface area contributed by atoms with Crippen molar-refractivity contribution in [2.24, 2.45) is 11.3 Å². The molecule has 1 heterocycles. The predicted molar refractivity (Wildman–Crippen MR) is 74.6 cm³/mol. The molecule has 112 valence electrons. The number of nitrogens with one attached hydrogen (secondary N) is 2. The van der Waals surface area contributed by atoms with Crippen LogP contribution in [0.3, 0.4) is 0 Å². The van der Waals surface area contributed by atoms with Crippen LogP contribution >= 0.6 is 0 Å². The lowest BCUT2D eigenvalue weighted by Gasteiger charge is -2.23. The summed E-state index contributed by atoms with van der Waals surface area (Å²) in [6.07, 6.45) is 2.87. The summed E-state index contributed by atoms with van der Waals surface area (Å²) >= 11 is 0. The van der Waals surface area contributed by atoms with Crippen LogP contribution in [0.4, 0.5) is 10.1 Å². The zero-order chi connectivity index (χ0) is 15.0. The van der Waals surface area contributed by atoms with Crippen LogP contribution in [-0.4, -0.2) is 30.1 Å². The Morgan fingerprint density at radius 1 is 1.33 bits per heavy atom. The molecule has 1 aromatic rings. The lowest BCUT2D eigenvalue weighted by atomic mass is 9.92. The molecule has 1 spiro atoms. The van der Waals surface area contributed by atoms with Crippen LogP contribution in [0.1, 0.15) is 29.6 Å². The fraction of sp³-hybridized carbons (Fsp3) is 0.467. The van der Waals surface area contributed by atoms with Crippen LogP contribution in [0.2, 0.25) is 0 Å². The maximum atomic E-state index is 13.3. The third-order valence-corrected chi connectivity index (χ3v) is 4.57.